The number of carbonyl (C=O) groups is 2. The molecule has 1 amide bonds. The van der Waals surface area contributed by atoms with Crippen LogP contribution in [0, 0.1) is 17.5 Å². The number of rotatable bonds is 10. The van der Waals surface area contributed by atoms with Gasteiger partial charge in [-0.25, -0.2) is 31.4 Å². The maximum absolute atomic E-state index is 14.4. The number of esters is 1. The molecule has 4 aromatic rings. The number of amides is 1. The van der Waals surface area contributed by atoms with Crippen molar-refractivity contribution in [1.82, 2.24) is 4.98 Å². The summed E-state index contributed by atoms with van der Waals surface area (Å²) in [5, 5.41) is 2.30. The highest BCUT2D eigenvalue weighted by molar-refractivity contribution is 7.92. The molecule has 1 N–H and O–H groups in total. The quantitative estimate of drug-likeness (QED) is 0.220. The number of nitrogens with zero attached hydrogens (tertiary/aromatic N) is 1. The van der Waals surface area contributed by atoms with Crippen LogP contribution < -0.4 is 14.8 Å². The first-order chi connectivity index (χ1) is 20.0. The molecule has 1 saturated carbocycles. The van der Waals surface area contributed by atoms with Crippen LogP contribution in [0.3, 0.4) is 0 Å². The molecule has 1 aliphatic carbocycles. The van der Waals surface area contributed by atoms with E-state index < -0.39 is 56.3 Å². The number of thiazole rings is 1. The fraction of sp³-hybridized carbons (Fsp3) is 0.179. The van der Waals surface area contributed by atoms with Gasteiger partial charge in [-0.3, -0.25) is 10.1 Å². The maximum Gasteiger partial charge on any atom is 0.340 e. The predicted molar refractivity (Wildman–Crippen MR) is 145 cm³/mol. The Labute approximate surface area is 241 Å². The van der Waals surface area contributed by atoms with Crippen LogP contribution in [-0.4, -0.2) is 37.6 Å². The van der Waals surface area contributed by atoms with E-state index in [1.54, 1.807) is 0 Å². The molecule has 42 heavy (non-hydrogen) atoms. The minimum Gasteiger partial charge on any atom is -0.473 e. The smallest absolute Gasteiger partial charge is 0.340 e. The van der Waals surface area contributed by atoms with Gasteiger partial charge in [-0.05, 0) is 49.2 Å². The SMILES string of the molecule is COC(=O)c1ccc(Oc2cnc(NC(=O)C(Oc3ccc(F)cc3F)c3ccc(S(=O)(=O)C4CC4)cc3)s2)cc1F. The van der Waals surface area contributed by atoms with Crippen molar-refractivity contribution in [2.24, 2.45) is 0 Å². The molecule has 14 heteroatoms. The summed E-state index contributed by atoms with van der Waals surface area (Å²) < 4.78 is 82.9. The van der Waals surface area contributed by atoms with Crippen molar-refractivity contribution in [3.8, 4) is 16.6 Å². The summed E-state index contributed by atoms with van der Waals surface area (Å²) >= 11 is 0.879. The first-order valence-electron chi connectivity index (χ1n) is 12.3. The van der Waals surface area contributed by atoms with Crippen molar-refractivity contribution in [1.29, 1.82) is 0 Å². The highest BCUT2D eigenvalue weighted by atomic mass is 32.2. The van der Waals surface area contributed by atoms with E-state index in [1.165, 1.54) is 42.6 Å². The van der Waals surface area contributed by atoms with Crippen LogP contribution in [0.1, 0.15) is 34.9 Å². The van der Waals surface area contributed by atoms with E-state index in [1.807, 2.05) is 0 Å². The van der Waals surface area contributed by atoms with Crippen LogP contribution in [-0.2, 0) is 19.4 Å². The van der Waals surface area contributed by atoms with Gasteiger partial charge in [0, 0.05) is 17.7 Å². The number of hydrogen-bond donors (Lipinski definition) is 1. The molecule has 5 rings (SSSR count). The average molecular weight is 619 g/mol. The van der Waals surface area contributed by atoms with Gasteiger partial charge >= 0.3 is 5.97 Å². The molecule has 1 atom stereocenters. The first-order valence-corrected chi connectivity index (χ1v) is 14.7. The molecular formula is C28H21F3N2O7S2. The molecule has 1 heterocycles. The zero-order valence-electron chi connectivity index (χ0n) is 21.7. The largest absolute Gasteiger partial charge is 0.473 e. The van der Waals surface area contributed by atoms with Crippen LogP contribution in [0.25, 0.3) is 0 Å². The first kappa shape index (κ1) is 29.1. The summed E-state index contributed by atoms with van der Waals surface area (Å²) in [6, 6.07) is 11.5. The number of methoxy groups -OCH3 is 1. The minimum atomic E-state index is -3.49. The normalized spacial score (nSPS) is 13.7. The molecule has 3 aromatic carbocycles. The number of benzene rings is 3. The van der Waals surface area contributed by atoms with Gasteiger partial charge in [0.15, 0.2) is 26.5 Å². The minimum absolute atomic E-state index is 0.0442. The summed E-state index contributed by atoms with van der Waals surface area (Å²) in [5.74, 6) is -4.75. The molecule has 1 unspecified atom stereocenters. The Kier molecular flexibility index (Phi) is 8.18. The molecule has 218 valence electrons. The Bertz CT molecular complexity index is 1760. The van der Waals surface area contributed by atoms with Gasteiger partial charge in [0.1, 0.15) is 17.4 Å². The van der Waals surface area contributed by atoms with Crippen molar-refractivity contribution < 1.29 is 45.4 Å². The predicted octanol–water partition coefficient (Wildman–Crippen LogP) is 5.83. The molecule has 1 aromatic heterocycles. The van der Waals surface area contributed by atoms with Gasteiger partial charge in [-0.1, -0.05) is 23.5 Å². The van der Waals surface area contributed by atoms with Gasteiger partial charge in [0.25, 0.3) is 5.91 Å². The van der Waals surface area contributed by atoms with Crippen LogP contribution in [0.4, 0.5) is 18.3 Å². The zero-order valence-corrected chi connectivity index (χ0v) is 23.3. The Balaban J connectivity index is 1.35. The molecule has 0 aliphatic heterocycles. The zero-order chi connectivity index (χ0) is 30.0. The van der Waals surface area contributed by atoms with E-state index in [-0.39, 0.29) is 32.0 Å². The van der Waals surface area contributed by atoms with E-state index >= 15 is 0 Å². The third-order valence-corrected chi connectivity index (χ3v) is 9.20. The number of sulfone groups is 1. The number of aromatic nitrogens is 1. The van der Waals surface area contributed by atoms with Crippen molar-refractivity contribution in [3.05, 3.63) is 95.4 Å². The van der Waals surface area contributed by atoms with E-state index in [4.69, 9.17) is 9.47 Å². The third-order valence-electron chi connectivity index (χ3n) is 6.13. The van der Waals surface area contributed by atoms with E-state index in [9.17, 15) is 31.2 Å². The van der Waals surface area contributed by atoms with Crippen LogP contribution in [0.5, 0.6) is 16.6 Å². The number of halogens is 3. The fourth-order valence-corrected chi connectivity index (χ4v) is 6.21. The number of anilines is 1. The Morgan fingerprint density at radius 2 is 1.74 bits per heavy atom. The monoisotopic (exact) mass is 618 g/mol. The molecule has 1 fully saturated rings. The standard InChI is InChI=1S/C28H21F3N2O7S2/c1-38-27(35)20-10-5-17(13-21(20)30)39-24-14-32-28(41-24)33-26(34)25(40-23-11-4-16(29)12-22(23)31)15-2-6-18(7-3-15)42(36,37)19-8-9-19/h2-7,10-14,19,25H,8-9H2,1H3,(H,32,33,34). The summed E-state index contributed by atoms with van der Waals surface area (Å²) in [4.78, 5) is 29.0. The number of carbonyl (C=O) groups excluding carboxylic acids is 2. The fourth-order valence-electron chi connectivity index (χ4n) is 3.86. The summed E-state index contributed by atoms with van der Waals surface area (Å²) in [5.41, 5.74) is -0.0796. The summed E-state index contributed by atoms with van der Waals surface area (Å²) in [6.07, 6.45) is 0.931. The van der Waals surface area contributed by atoms with E-state index in [2.05, 4.69) is 15.0 Å². The average Bonchev–Trinajstić information content (AvgIpc) is 3.74. The Morgan fingerprint density at radius 1 is 1.00 bits per heavy atom. The van der Waals surface area contributed by atoms with Crippen molar-refractivity contribution >= 4 is 38.2 Å². The molecule has 1 aliphatic rings. The van der Waals surface area contributed by atoms with Crippen LogP contribution >= 0.6 is 11.3 Å². The van der Waals surface area contributed by atoms with Gasteiger partial charge in [0.2, 0.25) is 11.2 Å². The highest BCUT2D eigenvalue weighted by Gasteiger charge is 2.37. The lowest BCUT2D eigenvalue weighted by atomic mass is 10.1. The van der Waals surface area contributed by atoms with Crippen molar-refractivity contribution in [3.63, 3.8) is 0 Å². The highest BCUT2D eigenvalue weighted by Crippen LogP contribution is 2.35. The Hall–Kier alpha value is -4.43. The van der Waals surface area contributed by atoms with Gasteiger partial charge < -0.3 is 14.2 Å². The molecule has 0 radical (unpaired) electrons. The molecule has 0 bridgehead atoms. The summed E-state index contributed by atoms with van der Waals surface area (Å²) in [7, 11) is -2.37. The molecule has 0 saturated heterocycles. The van der Waals surface area contributed by atoms with Crippen molar-refractivity contribution in [2.75, 3.05) is 12.4 Å². The topological polar surface area (TPSA) is 121 Å². The lowest BCUT2D eigenvalue weighted by Crippen LogP contribution is -2.26. The van der Waals surface area contributed by atoms with E-state index in [0.29, 0.717) is 18.9 Å². The number of ether oxygens (including phenoxy) is 3. The lowest BCUT2D eigenvalue weighted by molar-refractivity contribution is -0.123. The Morgan fingerprint density at radius 3 is 2.38 bits per heavy atom. The van der Waals surface area contributed by atoms with Crippen molar-refractivity contribution in [2.45, 2.75) is 29.1 Å². The van der Waals surface area contributed by atoms with Gasteiger partial charge in [-0.2, -0.15) is 0 Å². The van der Waals surface area contributed by atoms with Crippen LogP contribution in [0.2, 0.25) is 0 Å². The third kappa shape index (κ3) is 6.39. The van der Waals surface area contributed by atoms with Gasteiger partial charge in [-0.15, -0.1) is 0 Å². The second-order valence-electron chi connectivity index (χ2n) is 9.10. The lowest BCUT2D eigenvalue weighted by Gasteiger charge is -2.19. The van der Waals surface area contributed by atoms with Gasteiger partial charge in [0.05, 0.1) is 29.0 Å². The van der Waals surface area contributed by atoms with E-state index in [0.717, 1.165) is 36.6 Å². The second kappa shape index (κ2) is 11.8. The number of hydrogen-bond acceptors (Lipinski definition) is 9. The summed E-state index contributed by atoms with van der Waals surface area (Å²) in [6.45, 7) is 0. The second-order valence-corrected chi connectivity index (χ2v) is 12.3. The van der Waals surface area contributed by atoms with Crippen LogP contribution in [0.15, 0.2) is 71.8 Å². The maximum atomic E-state index is 14.4. The molecular weight excluding hydrogens is 597 g/mol. The number of nitrogens with one attached hydrogen (secondary N) is 1. The molecule has 9 nitrogen and oxygen atoms in total. The molecule has 0 spiro atoms.